The molecule has 0 bridgehead atoms. The molecule has 2 atom stereocenters. The Morgan fingerprint density at radius 2 is 1.85 bits per heavy atom. The number of nitrogens with one attached hydrogen (secondary N) is 1. The smallest absolute Gasteiger partial charge is 0.307 e. The second-order valence-electron chi connectivity index (χ2n) is 6.54. The first kappa shape index (κ1) is 18.2. The first-order valence-electron chi connectivity index (χ1n) is 8.65. The number of carboxylic acids is 1. The number of hydrogen-bond donors (Lipinski definition) is 2. The maximum atomic E-state index is 12.7. The lowest BCUT2D eigenvalue weighted by Gasteiger charge is -2.27. The minimum Gasteiger partial charge on any atom is -0.481 e. The Kier molecular flexibility index (Phi) is 5.38. The van der Waals surface area contributed by atoms with E-state index >= 15 is 0 Å². The number of hydrogen-bond acceptors (Lipinski definition) is 4. The van der Waals surface area contributed by atoms with Crippen LogP contribution in [0.15, 0.2) is 30.3 Å². The zero-order chi connectivity index (χ0) is 18.7. The molecule has 134 valence electrons. The van der Waals surface area contributed by atoms with Gasteiger partial charge in [0.25, 0.3) is 0 Å². The summed E-state index contributed by atoms with van der Waals surface area (Å²) < 4.78 is 0. The van der Waals surface area contributed by atoms with Crippen LogP contribution in [0.3, 0.4) is 0 Å². The fourth-order valence-corrected chi connectivity index (χ4v) is 4.67. The summed E-state index contributed by atoms with van der Waals surface area (Å²) in [6.45, 7) is 1.92. The maximum absolute atomic E-state index is 12.7. The van der Waals surface area contributed by atoms with Gasteiger partial charge in [-0.1, -0.05) is 43.2 Å². The van der Waals surface area contributed by atoms with Crippen molar-refractivity contribution in [3.05, 3.63) is 40.8 Å². The van der Waals surface area contributed by atoms with Crippen molar-refractivity contribution in [2.75, 3.05) is 5.32 Å². The standard InChI is InChI=1S/C20H20N2O3S/c1-12-17(13-7-3-2-4-8-13)16(11-21)19(26-12)22-18(23)14-9-5-6-10-15(14)20(24)25/h2-4,7-8,14-15H,5-6,9-10H2,1H3,(H,22,23)(H,24,25)/t14-,15-/m1/s1. The number of anilines is 1. The Balaban J connectivity index is 1.90. The van der Waals surface area contributed by atoms with Crippen LogP contribution >= 0.6 is 11.3 Å². The average molecular weight is 368 g/mol. The molecule has 1 fully saturated rings. The van der Waals surface area contributed by atoms with Gasteiger partial charge in [-0.2, -0.15) is 5.26 Å². The molecule has 1 aliphatic carbocycles. The SMILES string of the molecule is Cc1sc(NC(=O)[C@@H]2CCCC[C@H]2C(=O)O)c(C#N)c1-c1ccccc1. The summed E-state index contributed by atoms with van der Waals surface area (Å²) in [7, 11) is 0. The molecular formula is C20H20N2O3S. The molecule has 1 aromatic carbocycles. The molecule has 0 spiro atoms. The Morgan fingerprint density at radius 1 is 1.19 bits per heavy atom. The molecule has 1 saturated carbocycles. The van der Waals surface area contributed by atoms with Crippen molar-refractivity contribution in [3.63, 3.8) is 0 Å². The Labute approximate surface area is 156 Å². The highest BCUT2D eigenvalue weighted by atomic mass is 32.1. The van der Waals surface area contributed by atoms with Crippen LogP contribution in [0.2, 0.25) is 0 Å². The second-order valence-corrected chi connectivity index (χ2v) is 7.76. The molecular weight excluding hydrogens is 348 g/mol. The lowest BCUT2D eigenvalue weighted by Crippen LogP contribution is -2.36. The van der Waals surface area contributed by atoms with Crippen LogP contribution in [-0.2, 0) is 9.59 Å². The lowest BCUT2D eigenvalue weighted by molar-refractivity contribution is -0.147. The van der Waals surface area contributed by atoms with Gasteiger partial charge in [-0.3, -0.25) is 9.59 Å². The van der Waals surface area contributed by atoms with Crippen molar-refractivity contribution in [3.8, 4) is 17.2 Å². The quantitative estimate of drug-likeness (QED) is 0.835. The van der Waals surface area contributed by atoms with E-state index in [1.165, 1.54) is 11.3 Å². The third kappa shape index (κ3) is 3.49. The van der Waals surface area contributed by atoms with Gasteiger partial charge in [-0.25, -0.2) is 0 Å². The van der Waals surface area contributed by atoms with Gasteiger partial charge in [0, 0.05) is 10.4 Å². The zero-order valence-electron chi connectivity index (χ0n) is 14.5. The van der Waals surface area contributed by atoms with E-state index in [1.54, 1.807) is 0 Å². The van der Waals surface area contributed by atoms with Crippen LogP contribution in [0, 0.1) is 30.1 Å². The van der Waals surface area contributed by atoms with Gasteiger partial charge in [-0.05, 0) is 25.3 Å². The number of rotatable bonds is 4. The molecule has 0 saturated heterocycles. The van der Waals surface area contributed by atoms with E-state index in [1.807, 2.05) is 37.3 Å². The molecule has 0 unspecified atom stereocenters. The molecule has 1 heterocycles. The van der Waals surface area contributed by atoms with Crippen LogP contribution < -0.4 is 5.32 Å². The van der Waals surface area contributed by atoms with Crippen molar-refractivity contribution < 1.29 is 14.7 Å². The first-order chi connectivity index (χ1) is 12.5. The minimum absolute atomic E-state index is 0.297. The van der Waals surface area contributed by atoms with E-state index < -0.39 is 17.8 Å². The first-order valence-corrected chi connectivity index (χ1v) is 9.47. The monoisotopic (exact) mass is 368 g/mol. The number of nitrogens with zero attached hydrogens (tertiary/aromatic N) is 1. The van der Waals surface area contributed by atoms with Crippen LogP contribution in [0.25, 0.3) is 11.1 Å². The maximum Gasteiger partial charge on any atom is 0.307 e. The van der Waals surface area contributed by atoms with Gasteiger partial charge in [0.2, 0.25) is 5.91 Å². The van der Waals surface area contributed by atoms with Gasteiger partial charge in [-0.15, -0.1) is 11.3 Å². The predicted octanol–water partition coefficient (Wildman–Crippen LogP) is 4.42. The summed E-state index contributed by atoms with van der Waals surface area (Å²) in [6, 6.07) is 11.8. The third-order valence-corrected chi connectivity index (χ3v) is 5.94. The van der Waals surface area contributed by atoms with E-state index in [4.69, 9.17) is 0 Å². The van der Waals surface area contributed by atoms with Crippen molar-refractivity contribution >= 4 is 28.2 Å². The number of carboxylic acid groups (broad SMARTS) is 1. The van der Waals surface area contributed by atoms with E-state index in [0.717, 1.165) is 28.8 Å². The van der Waals surface area contributed by atoms with Gasteiger partial charge < -0.3 is 10.4 Å². The van der Waals surface area contributed by atoms with Gasteiger partial charge in [0.05, 0.1) is 17.4 Å². The van der Waals surface area contributed by atoms with Gasteiger partial charge in [0.1, 0.15) is 11.1 Å². The number of amides is 1. The van der Waals surface area contributed by atoms with Crippen LogP contribution in [-0.4, -0.2) is 17.0 Å². The highest BCUT2D eigenvalue weighted by molar-refractivity contribution is 7.17. The fraction of sp³-hybridized carbons (Fsp3) is 0.350. The summed E-state index contributed by atoms with van der Waals surface area (Å²) in [6.07, 6.45) is 2.78. The highest BCUT2D eigenvalue weighted by Gasteiger charge is 2.36. The van der Waals surface area contributed by atoms with E-state index in [9.17, 15) is 20.0 Å². The van der Waals surface area contributed by atoms with E-state index in [-0.39, 0.29) is 5.91 Å². The average Bonchev–Trinajstić information content (AvgIpc) is 2.97. The zero-order valence-corrected chi connectivity index (χ0v) is 15.3. The molecule has 26 heavy (non-hydrogen) atoms. The van der Waals surface area contributed by atoms with Crippen molar-refractivity contribution in [2.45, 2.75) is 32.6 Å². The fourth-order valence-electron chi connectivity index (χ4n) is 3.64. The Morgan fingerprint density at radius 3 is 2.46 bits per heavy atom. The number of aryl methyl sites for hydroxylation is 1. The molecule has 1 amide bonds. The Bertz CT molecular complexity index is 867. The molecule has 2 aromatic rings. The number of benzene rings is 1. The molecule has 6 heteroatoms. The predicted molar refractivity (Wildman–Crippen MR) is 101 cm³/mol. The number of nitriles is 1. The normalized spacial score (nSPS) is 19.5. The second kappa shape index (κ2) is 7.71. The topological polar surface area (TPSA) is 90.2 Å². The van der Waals surface area contributed by atoms with Crippen LogP contribution in [0.1, 0.15) is 36.1 Å². The molecule has 0 radical (unpaired) electrons. The number of carbonyl (C=O) groups is 2. The number of thiophene rings is 1. The molecule has 1 aliphatic rings. The van der Waals surface area contributed by atoms with Crippen LogP contribution in [0.5, 0.6) is 0 Å². The van der Waals surface area contributed by atoms with Crippen molar-refractivity contribution in [1.29, 1.82) is 5.26 Å². The summed E-state index contributed by atoms with van der Waals surface area (Å²) in [4.78, 5) is 25.1. The van der Waals surface area contributed by atoms with Gasteiger partial charge >= 0.3 is 5.97 Å². The summed E-state index contributed by atoms with van der Waals surface area (Å²) in [5.41, 5.74) is 2.20. The third-order valence-electron chi connectivity index (χ3n) is 4.92. The number of aliphatic carboxylic acids is 1. The largest absolute Gasteiger partial charge is 0.481 e. The molecule has 3 rings (SSSR count). The number of carbonyl (C=O) groups excluding carboxylic acids is 1. The molecule has 1 aromatic heterocycles. The van der Waals surface area contributed by atoms with Crippen LogP contribution in [0.4, 0.5) is 5.00 Å². The molecule has 5 nitrogen and oxygen atoms in total. The Hall–Kier alpha value is -2.65. The van der Waals surface area contributed by atoms with E-state index in [0.29, 0.717) is 23.4 Å². The lowest BCUT2D eigenvalue weighted by atomic mass is 9.79. The highest BCUT2D eigenvalue weighted by Crippen LogP contribution is 2.40. The minimum atomic E-state index is -0.919. The van der Waals surface area contributed by atoms with E-state index in [2.05, 4.69) is 11.4 Å². The summed E-state index contributed by atoms with van der Waals surface area (Å²) in [5.74, 6) is -2.41. The van der Waals surface area contributed by atoms with Crippen molar-refractivity contribution in [1.82, 2.24) is 0 Å². The van der Waals surface area contributed by atoms with Crippen molar-refractivity contribution in [2.24, 2.45) is 11.8 Å². The summed E-state index contributed by atoms with van der Waals surface area (Å²) >= 11 is 1.36. The molecule has 0 aliphatic heterocycles. The molecule has 2 N–H and O–H groups in total. The summed E-state index contributed by atoms with van der Waals surface area (Å²) in [5, 5.41) is 22.4. The van der Waals surface area contributed by atoms with Gasteiger partial charge in [0.15, 0.2) is 0 Å².